The van der Waals surface area contributed by atoms with Crippen LogP contribution < -0.4 is 0 Å². The van der Waals surface area contributed by atoms with Gasteiger partial charge in [0.15, 0.2) is 0 Å². The number of carbonyl (C=O) groups is 1. The van der Waals surface area contributed by atoms with Crippen molar-refractivity contribution in [2.75, 3.05) is 26.2 Å². The SMILES string of the molecule is C=C/C=C\C(=C/C)N1CCN(C(C)=O)CC1. The van der Waals surface area contributed by atoms with Gasteiger partial charge in [0, 0.05) is 38.8 Å². The molecule has 0 saturated carbocycles. The zero-order chi connectivity index (χ0) is 12.0. The van der Waals surface area contributed by atoms with E-state index in [9.17, 15) is 4.79 Å². The first kappa shape index (κ1) is 12.6. The van der Waals surface area contributed by atoms with E-state index in [-0.39, 0.29) is 5.91 Å². The summed E-state index contributed by atoms with van der Waals surface area (Å²) in [5.74, 6) is 0.170. The molecule has 0 atom stereocenters. The first-order valence-electron chi connectivity index (χ1n) is 5.65. The summed E-state index contributed by atoms with van der Waals surface area (Å²) in [6.07, 6.45) is 7.85. The molecule has 0 aliphatic carbocycles. The van der Waals surface area contributed by atoms with E-state index in [0.29, 0.717) is 0 Å². The standard InChI is InChI=1S/C13H20N2O/c1-4-6-7-13(5-2)15-10-8-14(9-11-15)12(3)16/h4-7H,1,8-11H2,2-3H3/b7-6-,13-5+. The monoisotopic (exact) mass is 220 g/mol. The summed E-state index contributed by atoms with van der Waals surface area (Å²) in [7, 11) is 0. The summed E-state index contributed by atoms with van der Waals surface area (Å²) in [6, 6.07) is 0. The van der Waals surface area contributed by atoms with Gasteiger partial charge in [0.1, 0.15) is 0 Å². The van der Waals surface area contributed by atoms with Gasteiger partial charge >= 0.3 is 0 Å². The number of nitrogens with zero attached hydrogens (tertiary/aromatic N) is 2. The van der Waals surface area contributed by atoms with E-state index in [1.54, 1.807) is 13.0 Å². The van der Waals surface area contributed by atoms with Crippen LogP contribution in [-0.4, -0.2) is 41.9 Å². The molecule has 3 nitrogen and oxygen atoms in total. The lowest BCUT2D eigenvalue weighted by Crippen LogP contribution is -2.47. The number of rotatable bonds is 3. The second-order valence-electron chi connectivity index (χ2n) is 3.80. The smallest absolute Gasteiger partial charge is 0.219 e. The Morgan fingerprint density at radius 1 is 1.19 bits per heavy atom. The molecule has 0 aromatic carbocycles. The molecule has 1 aliphatic rings. The van der Waals surface area contributed by atoms with Gasteiger partial charge in [-0.2, -0.15) is 0 Å². The molecule has 1 heterocycles. The van der Waals surface area contributed by atoms with Crippen LogP contribution in [0.1, 0.15) is 13.8 Å². The lowest BCUT2D eigenvalue weighted by Gasteiger charge is -2.36. The van der Waals surface area contributed by atoms with Crippen molar-refractivity contribution in [3.05, 3.63) is 36.6 Å². The molecule has 1 saturated heterocycles. The van der Waals surface area contributed by atoms with E-state index in [1.165, 1.54) is 5.70 Å². The first-order chi connectivity index (χ1) is 7.69. The molecule has 0 N–H and O–H groups in total. The van der Waals surface area contributed by atoms with Crippen molar-refractivity contribution in [3.63, 3.8) is 0 Å². The molecular weight excluding hydrogens is 200 g/mol. The number of piperazine rings is 1. The number of hydrogen-bond donors (Lipinski definition) is 0. The Morgan fingerprint density at radius 3 is 2.19 bits per heavy atom. The summed E-state index contributed by atoms with van der Waals surface area (Å²) in [5.41, 5.74) is 1.20. The van der Waals surface area contributed by atoms with Gasteiger partial charge < -0.3 is 9.80 Å². The average molecular weight is 220 g/mol. The Morgan fingerprint density at radius 2 is 1.75 bits per heavy atom. The van der Waals surface area contributed by atoms with Gasteiger partial charge in [0.25, 0.3) is 0 Å². The molecule has 1 aliphatic heterocycles. The first-order valence-corrected chi connectivity index (χ1v) is 5.65. The zero-order valence-electron chi connectivity index (χ0n) is 10.1. The molecule has 0 aromatic rings. The van der Waals surface area contributed by atoms with Crippen LogP contribution in [0.4, 0.5) is 0 Å². The topological polar surface area (TPSA) is 23.6 Å². The summed E-state index contributed by atoms with van der Waals surface area (Å²) in [6.45, 7) is 10.8. The second-order valence-corrected chi connectivity index (χ2v) is 3.80. The van der Waals surface area contributed by atoms with E-state index in [1.807, 2.05) is 17.9 Å². The van der Waals surface area contributed by atoms with Gasteiger partial charge in [0.05, 0.1) is 0 Å². The number of carbonyl (C=O) groups excluding carboxylic acids is 1. The molecule has 0 unspecified atom stereocenters. The van der Waals surface area contributed by atoms with Crippen LogP contribution >= 0.6 is 0 Å². The third-order valence-electron chi connectivity index (χ3n) is 2.79. The lowest BCUT2D eigenvalue weighted by molar-refractivity contribution is -0.130. The van der Waals surface area contributed by atoms with Gasteiger partial charge in [0.2, 0.25) is 5.91 Å². The minimum Gasteiger partial charge on any atom is -0.368 e. The van der Waals surface area contributed by atoms with Gasteiger partial charge in [-0.05, 0) is 13.0 Å². The number of hydrogen-bond acceptors (Lipinski definition) is 2. The summed E-state index contributed by atoms with van der Waals surface area (Å²) < 4.78 is 0. The van der Waals surface area contributed by atoms with Crippen LogP contribution in [-0.2, 0) is 4.79 Å². The fourth-order valence-electron chi connectivity index (χ4n) is 1.83. The van der Waals surface area contributed by atoms with Gasteiger partial charge in [-0.3, -0.25) is 4.79 Å². The highest BCUT2D eigenvalue weighted by Crippen LogP contribution is 2.11. The van der Waals surface area contributed by atoms with Gasteiger partial charge in [-0.25, -0.2) is 0 Å². The second kappa shape index (κ2) is 6.16. The van der Waals surface area contributed by atoms with Crippen molar-refractivity contribution in [2.24, 2.45) is 0 Å². The van der Waals surface area contributed by atoms with Crippen molar-refractivity contribution >= 4 is 5.91 Å². The summed E-state index contributed by atoms with van der Waals surface area (Å²) >= 11 is 0. The van der Waals surface area contributed by atoms with E-state index in [4.69, 9.17) is 0 Å². The highest BCUT2D eigenvalue weighted by atomic mass is 16.2. The molecular formula is C13H20N2O. The third kappa shape index (κ3) is 3.26. The molecule has 0 bridgehead atoms. The number of allylic oxidation sites excluding steroid dienone is 4. The van der Waals surface area contributed by atoms with Gasteiger partial charge in [-0.1, -0.05) is 24.8 Å². The Hall–Kier alpha value is -1.51. The van der Waals surface area contributed by atoms with Crippen molar-refractivity contribution in [1.82, 2.24) is 9.80 Å². The fourth-order valence-corrected chi connectivity index (χ4v) is 1.83. The Labute approximate surface area is 97.7 Å². The molecule has 0 spiro atoms. The molecule has 1 amide bonds. The molecule has 1 rings (SSSR count). The van der Waals surface area contributed by atoms with Crippen LogP contribution in [0.15, 0.2) is 36.6 Å². The van der Waals surface area contributed by atoms with Crippen molar-refractivity contribution in [2.45, 2.75) is 13.8 Å². The maximum atomic E-state index is 11.2. The van der Waals surface area contributed by atoms with Crippen LogP contribution in [0.5, 0.6) is 0 Å². The predicted octanol–water partition coefficient (Wildman–Crippen LogP) is 1.80. The minimum atomic E-state index is 0.170. The molecule has 0 radical (unpaired) electrons. The summed E-state index contributed by atoms with van der Waals surface area (Å²) in [4.78, 5) is 15.4. The Bertz CT molecular complexity index is 310. The maximum absolute atomic E-state index is 11.2. The van der Waals surface area contributed by atoms with E-state index in [2.05, 4.69) is 23.6 Å². The molecule has 3 heteroatoms. The number of amides is 1. The Balaban J connectivity index is 2.55. The molecule has 1 fully saturated rings. The van der Waals surface area contributed by atoms with E-state index >= 15 is 0 Å². The van der Waals surface area contributed by atoms with E-state index < -0.39 is 0 Å². The quantitative estimate of drug-likeness (QED) is 0.677. The largest absolute Gasteiger partial charge is 0.368 e. The maximum Gasteiger partial charge on any atom is 0.219 e. The van der Waals surface area contributed by atoms with Crippen molar-refractivity contribution in [3.8, 4) is 0 Å². The highest BCUT2D eigenvalue weighted by molar-refractivity contribution is 5.73. The van der Waals surface area contributed by atoms with Crippen molar-refractivity contribution < 1.29 is 4.79 Å². The fraction of sp³-hybridized carbons (Fsp3) is 0.462. The van der Waals surface area contributed by atoms with Crippen LogP contribution in [0.25, 0.3) is 0 Å². The molecule has 88 valence electrons. The molecule has 0 aromatic heterocycles. The predicted molar refractivity (Wildman–Crippen MR) is 66.9 cm³/mol. The average Bonchev–Trinajstić information content (AvgIpc) is 2.30. The zero-order valence-corrected chi connectivity index (χ0v) is 10.1. The van der Waals surface area contributed by atoms with E-state index in [0.717, 1.165) is 26.2 Å². The minimum absolute atomic E-state index is 0.170. The molecule has 16 heavy (non-hydrogen) atoms. The van der Waals surface area contributed by atoms with Crippen molar-refractivity contribution in [1.29, 1.82) is 0 Å². The lowest BCUT2D eigenvalue weighted by atomic mass is 10.2. The van der Waals surface area contributed by atoms with Crippen LogP contribution in [0.2, 0.25) is 0 Å². The highest BCUT2D eigenvalue weighted by Gasteiger charge is 2.18. The Kier molecular flexibility index (Phi) is 4.83. The van der Waals surface area contributed by atoms with Crippen LogP contribution in [0.3, 0.4) is 0 Å². The third-order valence-corrected chi connectivity index (χ3v) is 2.79. The van der Waals surface area contributed by atoms with Gasteiger partial charge in [-0.15, -0.1) is 0 Å². The summed E-state index contributed by atoms with van der Waals surface area (Å²) in [5, 5.41) is 0. The normalized spacial score (nSPS) is 18.0. The van der Waals surface area contributed by atoms with Crippen LogP contribution in [0, 0.1) is 0 Å².